The van der Waals surface area contributed by atoms with Gasteiger partial charge in [-0.1, -0.05) is 17.7 Å². The lowest BCUT2D eigenvalue weighted by atomic mass is 9.88. The molecular formula is C13H13BrClF2NO2. The summed E-state index contributed by atoms with van der Waals surface area (Å²) in [6, 6.07) is 4.56. The minimum atomic E-state index is -2.65. The molecule has 0 saturated heterocycles. The van der Waals surface area contributed by atoms with Gasteiger partial charge in [0.2, 0.25) is 0 Å². The number of alkyl halides is 2. The summed E-state index contributed by atoms with van der Waals surface area (Å²) in [5, 5.41) is 3.00. The number of amides is 1. The van der Waals surface area contributed by atoms with Crippen molar-refractivity contribution in [1.82, 2.24) is 5.32 Å². The van der Waals surface area contributed by atoms with E-state index in [4.69, 9.17) is 16.3 Å². The molecule has 2 rings (SSSR count). The topological polar surface area (TPSA) is 38.3 Å². The molecule has 0 radical (unpaired) electrons. The second-order valence-electron chi connectivity index (χ2n) is 4.78. The van der Waals surface area contributed by atoms with E-state index in [0.717, 1.165) is 0 Å². The van der Waals surface area contributed by atoms with Crippen LogP contribution in [-0.4, -0.2) is 24.0 Å². The highest BCUT2D eigenvalue weighted by Crippen LogP contribution is 2.37. The Bertz CT molecular complexity index is 519. The fourth-order valence-electron chi connectivity index (χ4n) is 1.90. The first kappa shape index (κ1) is 15.5. The lowest BCUT2D eigenvalue weighted by Crippen LogP contribution is -2.53. The summed E-state index contributed by atoms with van der Waals surface area (Å²) in [5.74, 6) is -2.64. The third kappa shape index (κ3) is 3.61. The van der Waals surface area contributed by atoms with Crippen LogP contribution in [0.1, 0.15) is 19.8 Å². The highest BCUT2D eigenvalue weighted by molar-refractivity contribution is 9.10. The van der Waals surface area contributed by atoms with Crippen LogP contribution >= 0.6 is 27.5 Å². The Labute approximate surface area is 128 Å². The van der Waals surface area contributed by atoms with E-state index in [2.05, 4.69) is 21.2 Å². The Morgan fingerprint density at radius 2 is 2.20 bits per heavy atom. The Morgan fingerprint density at radius 1 is 1.55 bits per heavy atom. The normalized spacial score (nSPS) is 19.1. The maximum atomic E-state index is 12.7. The molecule has 110 valence electrons. The Hall–Kier alpha value is -0.880. The van der Waals surface area contributed by atoms with Crippen molar-refractivity contribution < 1.29 is 18.3 Å². The van der Waals surface area contributed by atoms with Crippen molar-refractivity contribution in [2.45, 2.75) is 37.8 Å². The predicted molar refractivity (Wildman–Crippen MR) is 75.4 cm³/mol. The van der Waals surface area contributed by atoms with Crippen molar-refractivity contribution >= 4 is 33.4 Å². The van der Waals surface area contributed by atoms with Crippen molar-refractivity contribution in [3.8, 4) is 5.75 Å². The molecule has 1 unspecified atom stereocenters. The third-order valence-electron chi connectivity index (χ3n) is 3.03. The molecule has 1 aliphatic carbocycles. The molecule has 1 aromatic rings. The van der Waals surface area contributed by atoms with Crippen molar-refractivity contribution in [2.75, 3.05) is 0 Å². The van der Waals surface area contributed by atoms with Gasteiger partial charge in [-0.05, 0) is 35.0 Å². The zero-order valence-corrected chi connectivity index (χ0v) is 13.0. The average Bonchev–Trinajstić information content (AvgIpc) is 2.32. The number of hydrogen-bond donors (Lipinski definition) is 1. The predicted octanol–water partition coefficient (Wildman–Crippen LogP) is 3.78. The molecule has 1 fully saturated rings. The summed E-state index contributed by atoms with van der Waals surface area (Å²) in [5.41, 5.74) is 0. The zero-order chi connectivity index (χ0) is 14.9. The maximum Gasteiger partial charge on any atom is 0.261 e. The Morgan fingerprint density at radius 3 is 2.80 bits per heavy atom. The summed E-state index contributed by atoms with van der Waals surface area (Å²) < 4.78 is 31.4. The van der Waals surface area contributed by atoms with E-state index in [1.807, 2.05) is 0 Å². The third-order valence-corrected chi connectivity index (χ3v) is 4.39. The monoisotopic (exact) mass is 367 g/mol. The van der Waals surface area contributed by atoms with Crippen LogP contribution in [0.15, 0.2) is 22.7 Å². The lowest BCUT2D eigenvalue weighted by molar-refractivity contribution is -0.134. The molecule has 0 spiro atoms. The van der Waals surface area contributed by atoms with Gasteiger partial charge < -0.3 is 10.1 Å². The largest absolute Gasteiger partial charge is 0.480 e. The molecule has 20 heavy (non-hydrogen) atoms. The van der Waals surface area contributed by atoms with Gasteiger partial charge in [-0.3, -0.25) is 4.79 Å². The van der Waals surface area contributed by atoms with E-state index >= 15 is 0 Å². The van der Waals surface area contributed by atoms with Crippen molar-refractivity contribution in [3.63, 3.8) is 0 Å². The standard InChI is InChI=1S/C13H13BrClF2NO2/c1-7(12(19)18-8-5-13(16,17)6-8)20-10-4-2-3-9(15)11(10)14/h2-4,7-8H,5-6H2,1H3,(H,18,19). The van der Waals surface area contributed by atoms with Crippen LogP contribution in [0.25, 0.3) is 0 Å². The fourth-order valence-corrected chi connectivity index (χ4v) is 2.42. The molecule has 0 bridgehead atoms. The molecule has 1 amide bonds. The van der Waals surface area contributed by atoms with Crippen molar-refractivity contribution in [2.24, 2.45) is 0 Å². The first-order valence-corrected chi connectivity index (χ1v) is 7.24. The second-order valence-corrected chi connectivity index (χ2v) is 5.98. The van der Waals surface area contributed by atoms with E-state index < -0.39 is 24.0 Å². The minimum absolute atomic E-state index is 0.313. The summed E-state index contributed by atoms with van der Waals surface area (Å²) in [7, 11) is 0. The molecule has 0 aromatic heterocycles. The lowest BCUT2D eigenvalue weighted by Gasteiger charge is -2.35. The molecule has 1 saturated carbocycles. The summed E-state index contributed by atoms with van der Waals surface area (Å²) >= 11 is 9.17. The zero-order valence-electron chi connectivity index (χ0n) is 10.6. The molecule has 7 heteroatoms. The fraction of sp³-hybridized carbons (Fsp3) is 0.462. The number of benzene rings is 1. The number of carbonyl (C=O) groups excluding carboxylic acids is 1. The molecule has 0 heterocycles. The van der Waals surface area contributed by atoms with Gasteiger partial charge >= 0.3 is 0 Å². The smallest absolute Gasteiger partial charge is 0.261 e. The number of rotatable bonds is 4. The van der Waals surface area contributed by atoms with Gasteiger partial charge in [0.25, 0.3) is 11.8 Å². The van der Waals surface area contributed by atoms with Gasteiger partial charge in [0.05, 0.1) is 9.50 Å². The van der Waals surface area contributed by atoms with E-state index in [1.165, 1.54) is 0 Å². The quantitative estimate of drug-likeness (QED) is 0.878. The van der Waals surface area contributed by atoms with Gasteiger partial charge in [-0.2, -0.15) is 0 Å². The van der Waals surface area contributed by atoms with Crippen LogP contribution in [0.2, 0.25) is 5.02 Å². The first-order valence-electron chi connectivity index (χ1n) is 6.07. The maximum absolute atomic E-state index is 12.7. The summed E-state index contributed by atoms with van der Waals surface area (Å²) in [6.45, 7) is 1.56. The van der Waals surface area contributed by atoms with E-state index in [9.17, 15) is 13.6 Å². The van der Waals surface area contributed by atoms with Crippen LogP contribution in [0.4, 0.5) is 8.78 Å². The minimum Gasteiger partial charge on any atom is -0.480 e. The van der Waals surface area contributed by atoms with Crippen LogP contribution < -0.4 is 10.1 Å². The molecule has 1 atom stereocenters. The Balaban J connectivity index is 1.90. The molecular weight excluding hydrogens is 356 g/mol. The second kappa shape index (κ2) is 5.85. The van der Waals surface area contributed by atoms with Gasteiger partial charge in [-0.25, -0.2) is 8.78 Å². The van der Waals surface area contributed by atoms with E-state index in [0.29, 0.717) is 15.2 Å². The molecule has 1 N–H and O–H groups in total. The van der Waals surface area contributed by atoms with Crippen LogP contribution in [0.3, 0.4) is 0 Å². The number of carbonyl (C=O) groups is 1. The SMILES string of the molecule is CC(Oc1cccc(Cl)c1Br)C(=O)NC1CC(F)(F)C1. The van der Waals surface area contributed by atoms with E-state index in [1.54, 1.807) is 25.1 Å². The van der Waals surface area contributed by atoms with Gasteiger partial charge in [0.15, 0.2) is 6.10 Å². The summed E-state index contributed by atoms with van der Waals surface area (Å²) in [4.78, 5) is 11.8. The Kier molecular flexibility index (Phi) is 4.54. The van der Waals surface area contributed by atoms with Crippen molar-refractivity contribution in [1.29, 1.82) is 0 Å². The van der Waals surface area contributed by atoms with Crippen LogP contribution in [0.5, 0.6) is 5.75 Å². The number of halogens is 4. The molecule has 1 aromatic carbocycles. The summed E-state index contributed by atoms with van der Waals surface area (Å²) in [6.07, 6.45) is -1.42. The highest BCUT2D eigenvalue weighted by Gasteiger charge is 2.46. The van der Waals surface area contributed by atoms with Crippen LogP contribution in [-0.2, 0) is 4.79 Å². The van der Waals surface area contributed by atoms with E-state index in [-0.39, 0.29) is 12.8 Å². The van der Waals surface area contributed by atoms with Crippen LogP contribution in [0, 0.1) is 0 Å². The van der Waals surface area contributed by atoms with Gasteiger partial charge in [0.1, 0.15) is 5.75 Å². The van der Waals surface area contributed by atoms with Crippen molar-refractivity contribution in [3.05, 3.63) is 27.7 Å². The molecule has 3 nitrogen and oxygen atoms in total. The number of ether oxygens (including phenoxy) is 1. The first-order chi connectivity index (χ1) is 9.28. The molecule has 0 aliphatic heterocycles. The average molecular weight is 369 g/mol. The number of hydrogen-bond acceptors (Lipinski definition) is 2. The van der Waals surface area contributed by atoms with Gasteiger partial charge in [-0.15, -0.1) is 0 Å². The van der Waals surface area contributed by atoms with Gasteiger partial charge in [0, 0.05) is 18.9 Å². The molecule has 1 aliphatic rings. The number of nitrogens with one attached hydrogen (secondary N) is 1. The highest BCUT2D eigenvalue weighted by atomic mass is 79.9.